The maximum absolute atomic E-state index is 11.9. The Hall–Kier alpha value is 0.290. The topological polar surface area (TPSA) is 17.1 Å². The molecule has 0 aliphatic carbocycles. The molecule has 0 aliphatic heterocycles. The molecule has 0 radical (unpaired) electrons. The zero-order chi connectivity index (χ0) is 12.1. The molecule has 0 heterocycles. The van der Waals surface area contributed by atoms with Gasteiger partial charge >= 0.3 is 0 Å². The molecule has 0 saturated heterocycles. The predicted molar refractivity (Wildman–Crippen MR) is 79.6 cm³/mol. The van der Waals surface area contributed by atoms with Crippen LogP contribution >= 0.6 is 47.0 Å². The summed E-state index contributed by atoms with van der Waals surface area (Å²) < 4.78 is 0. The molecule has 16 heavy (non-hydrogen) atoms. The molecule has 0 fully saturated rings. The van der Waals surface area contributed by atoms with E-state index in [0.717, 1.165) is 15.4 Å². The van der Waals surface area contributed by atoms with Crippen molar-refractivity contribution < 1.29 is 4.79 Å². The van der Waals surface area contributed by atoms with Crippen molar-refractivity contribution in [1.29, 1.82) is 0 Å². The van der Waals surface area contributed by atoms with Gasteiger partial charge in [0.15, 0.2) is 0 Å². The lowest BCUT2D eigenvalue weighted by Crippen LogP contribution is -1.97. The lowest BCUT2D eigenvalue weighted by atomic mass is 10.2. The molecule has 1 nitrogen and oxygen atoms in total. The average molecular weight is 290 g/mol. The third-order valence-corrected chi connectivity index (χ3v) is 5.13. The fourth-order valence-electron chi connectivity index (χ4n) is 1.32. The summed E-state index contributed by atoms with van der Waals surface area (Å²) in [5.74, 6) is 0. The average Bonchev–Trinajstić information content (AvgIpc) is 2.35. The monoisotopic (exact) mass is 290 g/mol. The Balaban J connectivity index is 3.36. The zero-order valence-electron chi connectivity index (χ0n) is 9.70. The maximum Gasteiger partial charge on any atom is 0.220 e. The zero-order valence-corrected chi connectivity index (χ0v) is 13.0. The summed E-state index contributed by atoms with van der Waals surface area (Å²) in [6.07, 6.45) is 7.93. The van der Waals surface area contributed by atoms with Gasteiger partial charge in [-0.15, -0.1) is 35.3 Å². The Bertz CT molecular complexity index is 390. The van der Waals surface area contributed by atoms with Crippen LogP contribution in [-0.4, -0.2) is 30.1 Å². The number of rotatable bonds is 4. The first-order valence-electron chi connectivity index (χ1n) is 4.56. The van der Waals surface area contributed by atoms with E-state index in [2.05, 4.69) is 6.07 Å². The molecule has 0 aliphatic rings. The molecule has 0 N–H and O–H groups in total. The Morgan fingerprint density at radius 2 is 1.69 bits per heavy atom. The van der Waals surface area contributed by atoms with E-state index in [0.29, 0.717) is 0 Å². The van der Waals surface area contributed by atoms with Crippen LogP contribution in [0.5, 0.6) is 0 Å². The van der Waals surface area contributed by atoms with Crippen LogP contribution in [0.4, 0.5) is 0 Å². The number of carbonyl (C=O) groups is 1. The quantitative estimate of drug-likeness (QED) is 0.764. The molecule has 0 bridgehead atoms. The number of thioether (sulfide) groups is 4. The van der Waals surface area contributed by atoms with E-state index in [1.165, 1.54) is 16.7 Å². The van der Waals surface area contributed by atoms with Crippen LogP contribution in [0.2, 0.25) is 0 Å². The second-order valence-electron chi connectivity index (χ2n) is 2.90. The lowest BCUT2D eigenvalue weighted by molar-refractivity contribution is 0.108. The third kappa shape index (κ3) is 3.15. The van der Waals surface area contributed by atoms with E-state index in [1.54, 1.807) is 35.3 Å². The Morgan fingerprint density at radius 1 is 1.00 bits per heavy atom. The summed E-state index contributed by atoms with van der Waals surface area (Å²) in [5, 5.41) is 0.149. The van der Waals surface area contributed by atoms with E-state index < -0.39 is 0 Å². The summed E-state index contributed by atoms with van der Waals surface area (Å²) in [7, 11) is 0. The number of carbonyl (C=O) groups excluding carboxylic acids is 1. The normalized spacial score (nSPS) is 10.5. The number of hydrogen-bond acceptors (Lipinski definition) is 5. The number of benzene rings is 1. The third-order valence-electron chi connectivity index (χ3n) is 2.09. The standard InChI is InChI=1S/C11H14OS4/c1-13-7-5-8(11(12)16-4)10(15-3)9(6-7)14-2/h5-6H,1-4H3. The van der Waals surface area contributed by atoms with Gasteiger partial charge in [-0.2, -0.15) is 0 Å². The van der Waals surface area contributed by atoms with Gasteiger partial charge in [-0.3, -0.25) is 4.79 Å². The summed E-state index contributed by atoms with van der Waals surface area (Å²) in [6.45, 7) is 0. The van der Waals surface area contributed by atoms with E-state index in [4.69, 9.17) is 0 Å². The second-order valence-corrected chi connectivity index (χ2v) is 6.23. The molecular formula is C11H14OS4. The summed E-state index contributed by atoms with van der Waals surface area (Å²) in [6, 6.07) is 4.15. The van der Waals surface area contributed by atoms with Gasteiger partial charge in [0.25, 0.3) is 0 Å². The van der Waals surface area contributed by atoms with Gasteiger partial charge in [0, 0.05) is 20.2 Å². The highest BCUT2D eigenvalue weighted by molar-refractivity contribution is 8.13. The van der Waals surface area contributed by atoms with Crippen LogP contribution in [0, 0.1) is 0 Å². The van der Waals surface area contributed by atoms with Crippen LogP contribution < -0.4 is 0 Å². The minimum atomic E-state index is 0.149. The highest BCUT2D eigenvalue weighted by Gasteiger charge is 2.15. The van der Waals surface area contributed by atoms with Crippen LogP contribution in [0.3, 0.4) is 0 Å². The van der Waals surface area contributed by atoms with Crippen LogP contribution in [0.1, 0.15) is 10.4 Å². The van der Waals surface area contributed by atoms with Crippen molar-refractivity contribution in [3.8, 4) is 0 Å². The van der Waals surface area contributed by atoms with E-state index in [9.17, 15) is 4.79 Å². The van der Waals surface area contributed by atoms with Crippen molar-refractivity contribution in [1.82, 2.24) is 0 Å². The van der Waals surface area contributed by atoms with Crippen molar-refractivity contribution in [2.75, 3.05) is 25.0 Å². The fourth-order valence-corrected chi connectivity index (χ4v) is 3.98. The molecule has 0 amide bonds. The highest BCUT2D eigenvalue weighted by atomic mass is 32.2. The summed E-state index contributed by atoms with van der Waals surface area (Å²) in [5.41, 5.74) is 0.844. The first-order valence-corrected chi connectivity index (χ1v) is 9.46. The van der Waals surface area contributed by atoms with Gasteiger partial charge in [-0.05, 0) is 37.2 Å². The fraction of sp³-hybridized carbons (Fsp3) is 0.364. The smallest absolute Gasteiger partial charge is 0.220 e. The first-order chi connectivity index (χ1) is 7.67. The first kappa shape index (κ1) is 14.4. The predicted octanol–water partition coefficient (Wildman–Crippen LogP) is 4.36. The highest BCUT2D eigenvalue weighted by Crippen LogP contribution is 2.36. The minimum absolute atomic E-state index is 0.149. The van der Waals surface area contributed by atoms with Crippen molar-refractivity contribution in [3.63, 3.8) is 0 Å². The van der Waals surface area contributed by atoms with Crippen LogP contribution in [0.15, 0.2) is 26.8 Å². The van der Waals surface area contributed by atoms with Gasteiger partial charge in [0.2, 0.25) is 5.12 Å². The molecule has 0 spiro atoms. The Kier molecular flexibility index (Phi) is 6.18. The van der Waals surface area contributed by atoms with Gasteiger partial charge in [-0.25, -0.2) is 0 Å². The molecule has 0 unspecified atom stereocenters. The van der Waals surface area contributed by atoms with Crippen LogP contribution in [0.25, 0.3) is 0 Å². The van der Waals surface area contributed by atoms with Crippen LogP contribution in [-0.2, 0) is 0 Å². The molecule has 1 aromatic rings. The molecule has 5 heteroatoms. The molecule has 0 atom stereocenters. The Labute approximate surface area is 114 Å². The SMILES string of the molecule is CSC(=O)c1cc(SC)cc(SC)c1SC. The second kappa shape index (κ2) is 6.89. The maximum atomic E-state index is 11.9. The van der Waals surface area contributed by atoms with Gasteiger partial charge in [-0.1, -0.05) is 11.8 Å². The molecule has 1 aromatic carbocycles. The van der Waals surface area contributed by atoms with Crippen molar-refractivity contribution in [3.05, 3.63) is 17.7 Å². The van der Waals surface area contributed by atoms with Crippen molar-refractivity contribution in [2.45, 2.75) is 14.7 Å². The van der Waals surface area contributed by atoms with Gasteiger partial charge < -0.3 is 0 Å². The van der Waals surface area contributed by atoms with Crippen molar-refractivity contribution >= 4 is 52.2 Å². The van der Waals surface area contributed by atoms with Crippen molar-refractivity contribution in [2.24, 2.45) is 0 Å². The molecule has 1 rings (SSSR count). The molecule has 88 valence electrons. The van der Waals surface area contributed by atoms with E-state index in [1.807, 2.05) is 31.1 Å². The number of hydrogen-bond donors (Lipinski definition) is 0. The lowest BCUT2D eigenvalue weighted by Gasteiger charge is -2.11. The Morgan fingerprint density at radius 3 is 2.12 bits per heavy atom. The van der Waals surface area contributed by atoms with E-state index in [-0.39, 0.29) is 5.12 Å². The largest absolute Gasteiger partial charge is 0.282 e. The molecule has 0 saturated carbocycles. The van der Waals surface area contributed by atoms with Gasteiger partial charge in [0.05, 0.1) is 0 Å². The molecule has 0 aromatic heterocycles. The van der Waals surface area contributed by atoms with E-state index >= 15 is 0 Å². The minimum Gasteiger partial charge on any atom is -0.282 e. The summed E-state index contributed by atoms with van der Waals surface area (Å²) >= 11 is 6.29. The summed E-state index contributed by atoms with van der Waals surface area (Å²) in [4.78, 5) is 15.3. The molecular weight excluding hydrogens is 276 g/mol. The van der Waals surface area contributed by atoms with Gasteiger partial charge in [0.1, 0.15) is 0 Å².